The molecular weight excluding hydrogens is 542 g/mol. The maximum atomic E-state index is 14.2. The predicted molar refractivity (Wildman–Crippen MR) is 164 cm³/mol. The molecule has 0 radical (unpaired) electrons. The van der Waals surface area contributed by atoms with Gasteiger partial charge in [0.2, 0.25) is 10.0 Å². The molecule has 2 fully saturated rings. The first-order chi connectivity index (χ1) is 19.6. The molecule has 2 aliphatic heterocycles. The standard InChI is InChI=1S/C30H43N5O5S/c1-23(2)21-34(22-24(3)4)41(38,39)30-19-26(8-10-29(30)32-12-6-5-7-13-32)31-20-25-18-27(35(36)37)9-11-28(25)33-14-16-40-17-15-33/h8-11,18-20,23-24H,5-7,12-17,21-22H2,1-4H3. The highest BCUT2D eigenvalue weighted by Crippen LogP contribution is 2.34. The zero-order valence-corrected chi connectivity index (χ0v) is 25.5. The Morgan fingerprint density at radius 2 is 1.54 bits per heavy atom. The van der Waals surface area contributed by atoms with E-state index in [9.17, 15) is 18.5 Å². The largest absolute Gasteiger partial charge is 0.378 e. The Morgan fingerprint density at radius 3 is 2.15 bits per heavy atom. The first kappa shape index (κ1) is 30.9. The van der Waals surface area contributed by atoms with E-state index in [4.69, 9.17) is 4.74 Å². The minimum atomic E-state index is -3.81. The van der Waals surface area contributed by atoms with Gasteiger partial charge in [-0.1, -0.05) is 27.7 Å². The average Bonchev–Trinajstić information content (AvgIpc) is 2.96. The number of nitrogens with zero attached hydrogens (tertiary/aromatic N) is 5. The van der Waals surface area contributed by atoms with Crippen LogP contribution in [0.5, 0.6) is 0 Å². The third kappa shape index (κ3) is 7.84. The van der Waals surface area contributed by atoms with Crippen molar-refractivity contribution in [2.45, 2.75) is 51.9 Å². The van der Waals surface area contributed by atoms with Crippen molar-refractivity contribution < 1.29 is 18.1 Å². The zero-order chi connectivity index (χ0) is 29.6. The van der Waals surface area contributed by atoms with Gasteiger partial charge in [-0.25, -0.2) is 8.42 Å². The SMILES string of the molecule is CC(C)CN(CC(C)C)S(=O)(=O)c1cc(N=Cc2cc([N+](=O)[O-])ccc2N2CCOCC2)ccc1N1CCCCC1. The summed E-state index contributed by atoms with van der Waals surface area (Å²) in [6, 6.07) is 10.1. The number of non-ortho nitro benzene ring substituents is 1. The minimum absolute atomic E-state index is 0.0230. The smallest absolute Gasteiger partial charge is 0.270 e. The average molecular weight is 586 g/mol. The molecule has 0 saturated carbocycles. The Morgan fingerprint density at radius 1 is 0.927 bits per heavy atom. The summed E-state index contributed by atoms with van der Waals surface area (Å²) in [5.74, 6) is 0.353. The normalized spacial score (nSPS) is 16.9. The topological polar surface area (TPSA) is 109 Å². The molecule has 0 bridgehead atoms. The molecule has 0 aliphatic carbocycles. The van der Waals surface area contributed by atoms with Gasteiger partial charge >= 0.3 is 0 Å². The van der Waals surface area contributed by atoms with E-state index in [2.05, 4.69) is 14.8 Å². The van der Waals surface area contributed by atoms with E-state index >= 15 is 0 Å². The highest BCUT2D eigenvalue weighted by atomic mass is 32.2. The van der Waals surface area contributed by atoms with E-state index in [-0.39, 0.29) is 22.4 Å². The summed E-state index contributed by atoms with van der Waals surface area (Å²) in [6.45, 7) is 13.1. The maximum absolute atomic E-state index is 14.2. The van der Waals surface area contributed by atoms with Crippen LogP contribution in [0.1, 0.15) is 52.5 Å². The van der Waals surface area contributed by atoms with Crippen LogP contribution in [0.4, 0.5) is 22.7 Å². The third-order valence-corrected chi connectivity index (χ3v) is 9.18. The Kier molecular flexibility index (Phi) is 10.4. The Labute approximate surface area is 244 Å². The van der Waals surface area contributed by atoms with Crippen molar-refractivity contribution in [2.75, 3.05) is 62.3 Å². The van der Waals surface area contributed by atoms with Gasteiger partial charge in [-0.3, -0.25) is 15.1 Å². The first-order valence-electron chi connectivity index (χ1n) is 14.6. The number of benzene rings is 2. The number of aliphatic imine (C=N–C) groups is 1. The van der Waals surface area contributed by atoms with Crippen molar-refractivity contribution in [3.63, 3.8) is 0 Å². The molecule has 2 aromatic carbocycles. The number of anilines is 2. The predicted octanol–water partition coefficient (Wildman–Crippen LogP) is 5.48. The van der Waals surface area contributed by atoms with Crippen LogP contribution in [0.2, 0.25) is 0 Å². The lowest BCUT2D eigenvalue weighted by atomic mass is 10.1. The van der Waals surface area contributed by atoms with Crippen LogP contribution in [0.25, 0.3) is 0 Å². The van der Waals surface area contributed by atoms with E-state index in [0.717, 1.165) is 38.0 Å². The number of ether oxygens (including phenoxy) is 1. The van der Waals surface area contributed by atoms with Crippen molar-refractivity contribution in [1.82, 2.24) is 4.31 Å². The molecule has 0 unspecified atom stereocenters. The lowest BCUT2D eigenvalue weighted by Gasteiger charge is -2.32. The van der Waals surface area contributed by atoms with Crippen LogP contribution in [-0.4, -0.2) is 76.3 Å². The molecule has 2 aliphatic rings. The maximum Gasteiger partial charge on any atom is 0.270 e. The minimum Gasteiger partial charge on any atom is -0.378 e. The second-order valence-electron chi connectivity index (χ2n) is 11.7. The molecule has 0 amide bonds. The summed E-state index contributed by atoms with van der Waals surface area (Å²) in [6.07, 6.45) is 4.79. The Hall–Kier alpha value is -3.02. The fourth-order valence-corrected chi connectivity index (χ4v) is 7.40. The Bertz CT molecular complexity index is 1320. The molecule has 224 valence electrons. The van der Waals surface area contributed by atoms with Gasteiger partial charge in [0.1, 0.15) is 4.90 Å². The molecule has 41 heavy (non-hydrogen) atoms. The van der Waals surface area contributed by atoms with E-state index in [1.165, 1.54) is 12.1 Å². The number of nitro benzene ring substituents is 1. The fourth-order valence-electron chi connectivity index (χ4n) is 5.41. The van der Waals surface area contributed by atoms with Gasteiger partial charge in [0.05, 0.1) is 29.5 Å². The monoisotopic (exact) mass is 585 g/mol. The molecule has 2 heterocycles. The number of morpholine rings is 1. The van der Waals surface area contributed by atoms with Crippen LogP contribution >= 0.6 is 0 Å². The molecule has 10 nitrogen and oxygen atoms in total. The summed E-state index contributed by atoms with van der Waals surface area (Å²) in [5, 5.41) is 11.5. The lowest BCUT2D eigenvalue weighted by molar-refractivity contribution is -0.384. The van der Waals surface area contributed by atoms with E-state index in [0.29, 0.717) is 56.3 Å². The van der Waals surface area contributed by atoms with E-state index in [1.807, 2.05) is 39.8 Å². The summed E-state index contributed by atoms with van der Waals surface area (Å²) < 4.78 is 35.5. The summed E-state index contributed by atoms with van der Waals surface area (Å²) in [5.41, 5.74) is 2.61. The molecule has 0 spiro atoms. The number of nitro groups is 1. The molecule has 0 atom stereocenters. The van der Waals surface area contributed by atoms with Gasteiger partial charge in [0, 0.05) is 68.9 Å². The fraction of sp³-hybridized carbons (Fsp3) is 0.567. The van der Waals surface area contributed by atoms with Crippen LogP contribution in [0.3, 0.4) is 0 Å². The molecule has 2 aromatic rings. The van der Waals surface area contributed by atoms with Gasteiger partial charge in [-0.15, -0.1) is 0 Å². The number of piperidine rings is 1. The molecule has 0 N–H and O–H groups in total. The zero-order valence-electron chi connectivity index (χ0n) is 24.7. The van der Waals surface area contributed by atoms with Gasteiger partial charge in [-0.05, 0) is 55.4 Å². The molecule has 11 heteroatoms. The number of hydrogen-bond acceptors (Lipinski definition) is 8. The second-order valence-corrected chi connectivity index (χ2v) is 13.6. The molecule has 2 saturated heterocycles. The first-order valence-corrected chi connectivity index (χ1v) is 16.0. The van der Waals surface area contributed by atoms with Crippen LogP contribution in [0.15, 0.2) is 46.3 Å². The molecular formula is C30H43N5O5S. The van der Waals surface area contributed by atoms with Crippen molar-refractivity contribution in [3.8, 4) is 0 Å². The van der Waals surface area contributed by atoms with Gasteiger partial charge < -0.3 is 14.5 Å². The van der Waals surface area contributed by atoms with Crippen molar-refractivity contribution >= 4 is 39.0 Å². The number of sulfonamides is 1. The van der Waals surface area contributed by atoms with E-state index < -0.39 is 14.9 Å². The Balaban J connectivity index is 1.77. The van der Waals surface area contributed by atoms with Gasteiger partial charge in [0.25, 0.3) is 5.69 Å². The van der Waals surface area contributed by atoms with Gasteiger partial charge in [0.15, 0.2) is 0 Å². The van der Waals surface area contributed by atoms with Crippen LogP contribution < -0.4 is 9.80 Å². The van der Waals surface area contributed by atoms with Crippen molar-refractivity contribution in [2.24, 2.45) is 16.8 Å². The second kappa shape index (κ2) is 13.8. The highest BCUT2D eigenvalue weighted by Gasteiger charge is 2.30. The number of hydrogen-bond donors (Lipinski definition) is 0. The number of rotatable bonds is 11. The summed E-state index contributed by atoms with van der Waals surface area (Å²) in [4.78, 5) is 20.3. The quantitative estimate of drug-likeness (QED) is 0.195. The lowest BCUT2D eigenvalue weighted by Crippen LogP contribution is -2.38. The highest BCUT2D eigenvalue weighted by molar-refractivity contribution is 7.89. The van der Waals surface area contributed by atoms with Crippen molar-refractivity contribution in [3.05, 3.63) is 52.1 Å². The molecule has 4 rings (SSSR count). The van der Waals surface area contributed by atoms with E-state index in [1.54, 1.807) is 22.7 Å². The van der Waals surface area contributed by atoms with Crippen molar-refractivity contribution in [1.29, 1.82) is 0 Å². The summed E-state index contributed by atoms with van der Waals surface area (Å²) >= 11 is 0. The summed E-state index contributed by atoms with van der Waals surface area (Å²) in [7, 11) is -3.81. The third-order valence-electron chi connectivity index (χ3n) is 7.32. The molecule has 0 aromatic heterocycles. The van der Waals surface area contributed by atoms with Crippen LogP contribution in [0, 0.1) is 22.0 Å². The van der Waals surface area contributed by atoms with Gasteiger partial charge in [-0.2, -0.15) is 4.31 Å². The van der Waals surface area contributed by atoms with Crippen LogP contribution in [-0.2, 0) is 14.8 Å².